The van der Waals surface area contributed by atoms with Crippen molar-refractivity contribution in [2.75, 3.05) is 12.0 Å². The largest absolute Gasteiger partial charge is 0.324 e. The normalized spacial score (nSPS) is 10.3. The second kappa shape index (κ2) is 4.74. The Morgan fingerprint density at radius 3 is 2.79 bits per heavy atom. The molecule has 0 heterocycles. The van der Waals surface area contributed by atoms with Crippen molar-refractivity contribution in [3.05, 3.63) is 29.8 Å². The van der Waals surface area contributed by atoms with E-state index in [1.807, 2.05) is 18.2 Å². The number of hydrogen-bond acceptors (Lipinski definition) is 1. The summed E-state index contributed by atoms with van der Waals surface area (Å²) in [5.74, 6) is -0.205. The number of alkyl halides is 1. The summed E-state index contributed by atoms with van der Waals surface area (Å²) in [6, 6.07) is 7.44. The van der Waals surface area contributed by atoms with Gasteiger partial charge in [0.25, 0.3) is 5.91 Å². The molecule has 0 aliphatic rings. The van der Waals surface area contributed by atoms with E-state index in [4.69, 9.17) is 0 Å². The standard InChI is InChI=1S/C11H14FNO/c1-8(2)9-4-3-5-10(6-9)13-11(14)7-12/h3-6,8H,7H2,1-2H3,(H,13,14). The van der Waals surface area contributed by atoms with Crippen molar-refractivity contribution in [3.63, 3.8) is 0 Å². The summed E-state index contributed by atoms with van der Waals surface area (Å²) in [6.45, 7) is 3.15. The monoisotopic (exact) mass is 195 g/mol. The van der Waals surface area contributed by atoms with Crippen LogP contribution in [0.4, 0.5) is 10.1 Å². The second-order valence-corrected chi connectivity index (χ2v) is 3.46. The minimum absolute atomic E-state index is 0.400. The lowest BCUT2D eigenvalue weighted by atomic mass is 10.0. The molecule has 0 saturated carbocycles. The molecule has 0 bridgehead atoms. The Balaban J connectivity index is 2.78. The predicted molar refractivity (Wildman–Crippen MR) is 55.1 cm³/mol. The number of nitrogens with one attached hydrogen (secondary N) is 1. The van der Waals surface area contributed by atoms with E-state index >= 15 is 0 Å². The van der Waals surface area contributed by atoms with Gasteiger partial charge in [-0.05, 0) is 23.6 Å². The summed E-state index contributed by atoms with van der Waals surface area (Å²) in [6.07, 6.45) is 0. The van der Waals surface area contributed by atoms with Gasteiger partial charge in [-0.25, -0.2) is 4.39 Å². The SMILES string of the molecule is CC(C)c1cccc(NC(=O)CF)c1. The summed E-state index contributed by atoms with van der Waals surface area (Å²) < 4.78 is 11.9. The number of hydrogen-bond donors (Lipinski definition) is 1. The van der Waals surface area contributed by atoms with E-state index in [9.17, 15) is 9.18 Å². The molecule has 2 nitrogen and oxygen atoms in total. The molecule has 1 N–H and O–H groups in total. The first kappa shape index (κ1) is 10.7. The molecule has 0 fully saturated rings. The maximum absolute atomic E-state index is 11.9. The first-order chi connectivity index (χ1) is 6.63. The highest BCUT2D eigenvalue weighted by molar-refractivity contribution is 5.91. The lowest BCUT2D eigenvalue weighted by Gasteiger charge is -2.08. The zero-order valence-electron chi connectivity index (χ0n) is 8.38. The topological polar surface area (TPSA) is 29.1 Å². The lowest BCUT2D eigenvalue weighted by molar-refractivity contribution is -0.117. The van der Waals surface area contributed by atoms with Crippen LogP contribution in [0.1, 0.15) is 25.3 Å². The van der Waals surface area contributed by atoms with Crippen molar-refractivity contribution in [2.24, 2.45) is 0 Å². The summed E-state index contributed by atoms with van der Waals surface area (Å²) in [7, 11) is 0. The predicted octanol–water partition coefficient (Wildman–Crippen LogP) is 2.72. The molecule has 0 unspecified atom stereocenters. The highest BCUT2D eigenvalue weighted by Crippen LogP contribution is 2.18. The Bertz CT molecular complexity index is 323. The Kier molecular flexibility index (Phi) is 3.63. The van der Waals surface area contributed by atoms with Crippen molar-refractivity contribution < 1.29 is 9.18 Å². The van der Waals surface area contributed by atoms with E-state index in [0.29, 0.717) is 11.6 Å². The second-order valence-electron chi connectivity index (χ2n) is 3.46. The number of carbonyl (C=O) groups excluding carboxylic acids is 1. The van der Waals surface area contributed by atoms with Gasteiger partial charge in [-0.3, -0.25) is 4.79 Å². The zero-order valence-corrected chi connectivity index (χ0v) is 8.38. The van der Waals surface area contributed by atoms with Gasteiger partial charge in [0.05, 0.1) is 0 Å². The number of carbonyl (C=O) groups is 1. The summed E-state index contributed by atoms with van der Waals surface area (Å²) >= 11 is 0. The third-order valence-corrected chi connectivity index (χ3v) is 1.96. The van der Waals surface area contributed by atoms with Crippen molar-refractivity contribution >= 4 is 11.6 Å². The van der Waals surface area contributed by atoms with Gasteiger partial charge in [0.15, 0.2) is 6.67 Å². The fourth-order valence-electron chi connectivity index (χ4n) is 1.17. The molecule has 3 heteroatoms. The smallest absolute Gasteiger partial charge is 0.255 e. The Morgan fingerprint density at radius 1 is 1.50 bits per heavy atom. The molecule has 1 aromatic rings. The van der Waals surface area contributed by atoms with E-state index in [2.05, 4.69) is 19.2 Å². The average molecular weight is 195 g/mol. The molecule has 0 saturated heterocycles. The van der Waals surface area contributed by atoms with Gasteiger partial charge in [-0.15, -0.1) is 0 Å². The van der Waals surface area contributed by atoms with Crippen molar-refractivity contribution in [2.45, 2.75) is 19.8 Å². The quantitative estimate of drug-likeness (QED) is 0.789. The molecule has 14 heavy (non-hydrogen) atoms. The van der Waals surface area contributed by atoms with Crippen LogP contribution in [0.25, 0.3) is 0 Å². The molecular weight excluding hydrogens is 181 g/mol. The minimum atomic E-state index is -0.980. The molecule has 1 aromatic carbocycles. The molecule has 1 amide bonds. The van der Waals surface area contributed by atoms with Crippen LogP contribution in [-0.2, 0) is 4.79 Å². The van der Waals surface area contributed by atoms with Gasteiger partial charge < -0.3 is 5.32 Å². The van der Waals surface area contributed by atoms with Crippen LogP contribution in [0.2, 0.25) is 0 Å². The Morgan fingerprint density at radius 2 is 2.21 bits per heavy atom. The molecule has 0 aliphatic heterocycles. The van der Waals surface area contributed by atoms with E-state index in [1.165, 1.54) is 0 Å². The van der Waals surface area contributed by atoms with E-state index in [1.54, 1.807) is 6.07 Å². The first-order valence-corrected chi connectivity index (χ1v) is 4.59. The molecule has 0 atom stereocenters. The van der Waals surface area contributed by atoms with Crippen LogP contribution in [-0.4, -0.2) is 12.6 Å². The molecule has 0 radical (unpaired) electrons. The van der Waals surface area contributed by atoms with Crippen LogP contribution >= 0.6 is 0 Å². The van der Waals surface area contributed by atoms with Crippen LogP contribution in [0.15, 0.2) is 24.3 Å². The minimum Gasteiger partial charge on any atom is -0.324 e. The third-order valence-electron chi connectivity index (χ3n) is 1.96. The van der Waals surface area contributed by atoms with Crippen LogP contribution in [0.3, 0.4) is 0 Å². The highest BCUT2D eigenvalue weighted by Gasteiger charge is 2.03. The van der Waals surface area contributed by atoms with Gasteiger partial charge in [-0.1, -0.05) is 26.0 Å². The van der Waals surface area contributed by atoms with Crippen molar-refractivity contribution in [3.8, 4) is 0 Å². The fraction of sp³-hybridized carbons (Fsp3) is 0.364. The number of halogens is 1. The maximum atomic E-state index is 11.9. The highest BCUT2D eigenvalue weighted by atomic mass is 19.1. The van der Waals surface area contributed by atoms with E-state index in [0.717, 1.165) is 5.56 Å². The molecular formula is C11H14FNO. The van der Waals surface area contributed by atoms with E-state index < -0.39 is 12.6 Å². The number of amides is 1. The Hall–Kier alpha value is -1.38. The van der Waals surface area contributed by atoms with Gasteiger partial charge in [0.2, 0.25) is 0 Å². The van der Waals surface area contributed by atoms with Crippen LogP contribution < -0.4 is 5.32 Å². The lowest BCUT2D eigenvalue weighted by Crippen LogP contribution is -2.13. The summed E-state index contributed by atoms with van der Waals surface area (Å²) in [4.78, 5) is 10.8. The summed E-state index contributed by atoms with van der Waals surface area (Å²) in [5, 5.41) is 2.47. The third kappa shape index (κ3) is 2.83. The van der Waals surface area contributed by atoms with E-state index in [-0.39, 0.29) is 0 Å². The van der Waals surface area contributed by atoms with Gasteiger partial charge in [0.1, 0.15) is 0 Å². The van der Waals surface area contributed by atoms with Crippen LogP contribution in [0, 0.1) is 0 Å². The van der Waals surface area contributed by atoms with Crippen molar-refractivity contribution in [1.29, 1.82) is 0 Å². The molecule has 0 aromatic heterocycles. The molecule has 0 aliphatic carbocycles. The first-order valence-electron chi connectivity index (χ1n) is 4.59. The van der Waals surface area contributed by atoms with Gasteiger partial charge in [-0.2, -0.15) is 0 Å². The fourth-order valence-corrected chi connectivity index (χ4v) is 1.17. The average Bonchev–Trinajstić information content (AvgIpc) is 2.18. The number of rotatable bonds is 3. The number of anilines is 1. The number of benzene rings is 1. The van der Waals surface area contributed by atoms with Crippen LogP contribution in [0.5, 0.6) is 0 Å². The van der Waals surface area contributed by atoms with Gasteiger partial charge >= 0.3 is 0 Å². The molecule has 1 rings (SSSR count). The zero-order chi connectivity index (χ0) is 10.6. The summed E-state index contributed by atoms with van der Waals surface area (Å²) in [5.41, 5.74) is 1.78. The molecule has 76 valence electrons. The maximum Gasteiger partial charge on any atom is 0.255 e. The molecule has 0 spiro atoms. The Labute approximate surface area is 83.1 Å². The van der Waals surface area contributed by atoms with Crippen molar-refractivity contribution in [1.82, 2.24) is 0 Å². The van der Waals surface area contributed by atoms with Gasteiger partial charge in [0, 0.05) is 5.69 Å².